The summed E-state index contributed by atoms with van der Waals surface area (Å²) in [6.07, 6.45) is 2.16. The van der Waals surface area contributed by atoms with Crippen LogP contribution in [0.5, 0.6) is 0 Å². The molecule has 0 aromatic heterocycles. The number of anilines is 1. The molecular formula is C20H21Cl2N3O. The second-order valence-corrected chi connectivity index (χ2v) is 6.64. The van der Waals surface area contributed by atoms with Crippen LogP contribution in [0.15, 0.2) is 49.6 Å². The maximum absolute atomic E-state index is 12.8. The van der Waals surface area contributed by atoms with Gasteiger partial charge in [-0.25, -0.2) is 0 Å². The first kappa shape index (κ1) is 20.0. The first-order valence-corrected chi connectivity index (χ1v) is 8.80. The fourth-order valence-corrected chi connectivity index (χ4v) is 2.97. The first-order valence-electron chi connectivity index (χ1n) is 8.04. The van der Waals surface area contributed by atoms with E-state index in [9.17, 15) is 4.79 Å². The summed E-state index contributed by atoms with van der Waals surface area (Å²) in [5.74, 6) is -0.632. The molecule has 0 heterocycles. The number of carbonyl (C=O) groups excluding carboxylic acids is 1. The van der Waals surface area contributed by atoms with Gasteiger partial charge in [0.1, 0.15) is 0 Å². The van der Waals surface area contributed by atoms with Crippen molar-refractivity contribution < 1.29 is 4.79 Å². The van der Waals surface area contributed by atoms with Gasteiger partial charge in [0.25, 0.3) is 0 Å². The summed E-state index contributed by atoms with van der Waals surface area (Å²) in [5.41, 5.74) is 14.9. The van der Waals surface area contributed by atoms with Crippen LogP contribution < -0.4 is 16.8 Å². The van der Waals surface area contributed by atoms with Gasteiger partial charge in [0.05, 0.1) is 16.0 Å². The minimum absolute atomic E-state index is 0.186. The molecule has 0 aliphatic carbocycles. The number of benzene rings is 2. The largest absolute Gasteiger partial charge is 0.399 e. The summed E-state index contributed by atoms with van der Waals surface area (Å²) in [6, 6.07) is 10.5. The van der Waals surface area contributed by atoms with Crippen LogP contribution in [-0.4, -0.2) is 12.5 Å². The van der Waals surface area contributed by atoms with Crippen molar-refractivity contribution in [2.24, 2.45) is 11.5 Å². The van der Waals surface area contributed by atoms with E-state index in [0.717, 1.165) is 16.7 Å². The zero-order valence-electron chi connectivity index (χ0n) is 14.3. The van der Waals surface area contributed by atoms with Crippen LogP contribution in [0.3, 0.4) is 0 Å². The SMILES string of the molecule is C=Cc1ccc(NC(=O)C(CCN)c2ccc(Cl)c(Cl)c2)cc1C(=C)N. The molecule has 5 N–H and O–H groups in total. The highest BCUT2D eigenvalue weighted by molar-refractivity contribution is 6.42. The van der Waals surface area contributed by atoms with Gasteiger partial charge in [-0.05, 0) is 48.4 Å². The Kier molecular flexibility index (Phi) is 6.86. The zero-order valence-corrected chi connectivity index (χ0v) is 15.8. The first-order chi connectivity index (χ1) is 12.4. The molecule has 1 unspecified atom stereocenters. The van der Waals surface area contributed by atoms with E-state index in [1.54, 1.807) is 36.4 Å². The molecule has 1 atom stereocenters. The van der Waals surface area contributed by atoms with Gasteiger partial charge in [-0.1, -0.05) is 54.6 Å². The van der Waals surface area contributed by atoms with Gasteiger partial charge in [0, 0.05) is 16.9 Å². The van der Waals surface area contributed by atoms with Gasteiger partial charge in [-0.15, -0.1) is 0 Å². The van der Waals surface area contributed by atoms with Crippen molar-refractivity contribution in [3.05, 3.63) is 76.3 Å². The lowest BCUT2D eigenvalue weighted by Crippen LogP contribution is -2.23. The highest BCUT2D eigenvalue weighted by Gasteiger charge is 2.21. The molecule has 2 aromatic rings. The maximum Gasteiger partial charge on any atom is 0.231 e. The monoisotopic (exact) mass is 389 g/mol. The van der Waals surface area contributed by atoms with Crippen molar-refractivity contribution in [1.29, 1.82) is 0 Å². The lowest BCUT2D eigenvalue weighted by Gasteiger charge is -2.18. The topological polar surface area (TPSA) is 81.1 Å². The van der Waals surface area contributed by atoms with E-state index in [4.69, 9.17) is 34.7 Å². The van der Waals surface area contributed by atoms with Gasteiger partial charge >= 0.3 is 0 Å². The molecule has 2 aromatic carbocycles. The molecule has 0 radical (unpaired) electrons. The van der Waals surface area contributed by atoms with Crippen LogP contribution in [0, 0.1) is 0 Å². The third-order valence-electron chi connectivity index (χ3n) is 4.00. The molecule has 1 amide bonds. The van der Waals surface area contributed by atoms with E-state index in [1.807, 2.05) is 6.07 Å². The Morgan fingerprint density at radius 1 is 1.19 bits per heavy atom. The minimum atomic E-state index is -0.446. The van der Waals surface area contributed by atoms with E-state index < -0.39 is 5.92 Å². The number of nitrogens with one attached hydrogen (secondary N) is 1. The van der Waals surface area contributed by atoms with Gasteiger partial charge in [0.15, 0.2) is 0 Å². The molecule has 4 nitrogen and oxygen atoms in total. The van der Waals surface area contributed by atoms with Crippen LogP contribution in [0.25, 0.3) is 11.8 Å². The Labute approximate surface area is 163 Å². The van der Waals surface area contributed by atoms with Crippen LogP contribution in [-0.2, 0) is 4.79 Å². The fraction of sp³-hybridized carbons (Fsp3) is 0.150. The van der Waals surface area contributed by atoms with Gasteiger partial charge < -0.3 is 16.8 Å². The maximum atomic E-state index is 12.8. The average Bonchev–Trinajstić information content (AvgIpc) is 2.62. The van der Waals surface area contributed by atoms with Gasteiger partial charge in [0.2, 0.25) is 5.91 Å². The Bertz CT molecular complexity index is 849. The summed E-state index contributed by atoms with van der Waals surface area (Å²) in [5, 5.41) is 3.74. The molecule has 0 bridgehead atoms. The van der Waals surface area contributed by atoms with Crippen molar-refractivity contribution in [2.75, 3.05) is 11.9 Å². The van der Waals surface area contributed by atoms with E-state index in [2.05, 4.69) is 18.5 Å². The zero-order chi connectivity index (χ0) is 19.3. The average molecular weight is 390 g/mol. The van der Waals surface area contributed by atoms with Crippen LogP contribution >= 0.6 is 23.2 Å². The van der Waals surface area contributed by atoms with Crippen molar-refractivity contribution in [3.63, 3.8) is 0 Å². The molecule has 0 aliphatic heterocycles. The molecule has 0 saturated heterocycles. The predicted octanol–water partition coefficient (Wildman–Crippen LogP) is 4.64. The smallest absolute Gasteiger partial charge is 0.231 e. The van der Waals surface area contributed by atoms with E-state index in [-0.39, 0.29) is 5.91 Å². The third-order valence-corrected chi connectivity index (χ3v) is 4.74. The normalized spacial score (nSPS) is 11.7. The molecule has 0 fully saturated rings. The Morgan fingerprint density at radius 3 is 2.50 bits per heavy atom. The lowest BCUT2D eigenvalue weighted by atomic mass is 9.94. The van der Waals surface area contributed by atoms with Crippen molar-refractivity contribution >= 4 is 46.6 Å². The van der Waals surface area contributed by atoms with Crippen molar-refractivity contribution in [1.82, 2.24) is 0 Å². The Balaban J connectivity index is 2.30. The number of hydrogen-bond acceptors (Lipinski definition) is 3. The quantitative estimate of drug-likeness (QED) is 0.644. The summed E-state index contributed by atoms with van der Waals surface area (Å²) in [4.78, 5) is 12.8. The molecule has 2 rings (SSSR count). The third kappa shape index (κ3) is 4.67. The molecule has 0 saturated carbocycles. The fourth-order valence-electron chi connectivity index (χ4n) is 2.66. The van der Waals surface area contributed by atoms with Gasteiger partial charge in [-0.3, -0.25) is 4.79 Å². The predicted molar refractivity (Wildman–Crippen MR) is 111 cm³/mol. The molecule has 136 valence electrons. The van der Waals surface area contributed by atoms with Crippen LogP contribution in [0.2, 0.25) is 10.0 Å². The molecule has 0 aliphatic rings. The number of rotatable bonds is 7. The van der Waals surface area contributed by atoms with Gasteiger partial charge in [-0.2, -0.15) is 0 Å². The van der Waals surface area contributed by atoms with Crippen molar-refractivity contribution in [3.8, 4) is 0 Å². The number of hydrogen-bond donors (Lipinski definition) is 3. The molecular weight excluding hydrogens is 369 g/mol. The van der Waals surface area contributed by atoms with Crippen LogP contribution in [0.1, 0.15) is 29.0 Å². The number of carbonyl (C=O) groups is 1. The number of nitrogens with two attached hydrogens (primary N) is 2. The highest BCUT2D eigenvalue weighted by Crippen LogP contribution is 2.29. The molecule has 6 heteroatoms. The Morgan fingerprint density at radius 2 is 1.92 bits per heavy atom. The summed E-state index contributed by atoms with van der Waals surface area (Å²) in [7, 11) is 0. The second-order valence-electron chi connectivity index (χ2n) is 5.82. The lowest BCUT2D eigenvalue weighted by molar-refractivity contribution is -0.117. The van der Waals surface area contributed by atoms with Crippen molar-refractivity contribution in [2.45, 2.75) is 12.3 Å². The van der Waals surface area contributed by atoms with E-state index >= 15 is 0 Å². The van der Waals surface area contributed by atoms with Crippen LogP contribution in [0.4, 0.5) is 5.69 Å². The summed E-state index contributed by atoms with van der Waals surface area (Å²) < 4.78 is 0. The summed E-state index contributed by atoms with van der Waals surface area (Å²) >= 11 is 12.0. The molecule has 0 spiro atoms. The van der Waals surface area contributed by atoms with E-state index in [0.29, 0.717) is 34.4 Å². The van der Waals surface area contributed by atoms with E-state index in [1.165, 1.54) is 0 Å². The number of amides is 1. The second kappa shape index (κ2) is 8.90. The Hall–Kier alpha value is -2.27. The minimum Gasteiger partial charge on any atom is -0.399 e. The summed E-state index contributed by atoms with van der Waals surface area (Å²) in [6.45, 7) is 7.87. The number of halogens is 2. The highest BCUT2D eigenvalue weighted by atomic mass is 35.5. The standard InChI is InChI=1S/C20H21Cl2N3O/c1-3-13-4-6-15(11-17(13)12(2)24)25-20(26)16(8-9-23)14-5-7-18(21)19(22)10-14/h3-7,10-11,16H,1-2,8-9,23-24H2,(H,25,26). The molecule has 26 heavy (non-hydrogen) atoms.